The minimum atomic E-state index is -0.313. The molecule has 6 nitrogen and oxygen atoms in total. The Labute approximate surface area is 150 Å². The second-order valence-electron chi connectivity index (χ2n) is 5.40. The third-order valence-corrected chi connectivity index (χ3v) is 3.67. The van der Waals surface area contributed by atoms with Crippen LogP contribution in [0.3, 0.4) is 0 Å². The summed E-state index contributed by atoms with van der Waals surface area (Å²) < 4.78 is 16.9. The largest absolute Gasteiger partial charge is 0.490 e. The maximum atomic E-state index is 12.4. The summed E-state index contributed by atoms with van der Waals surface area (Å²) in [6, 6.07) is 3.30. The third kappa shape index (κ3) is 6.29. The Balaban J connectivity index is 3.06. The molecule has 0 aliphatic rings. The number of ether oxygens (including phenoxy) is 3. The molecule has 1 amide bonds. The second-order valence-corrected chi connectivity index (χ2v) is 5.40. The molecular formula is C19H30N2O4. The number of hydrogen-bond acceptors (Lipinski definition) is 5. The van der Waals surface area contributed by atoms with Crippen LogP contribution >= 0.6 is 0 Å². The Kier molecular flexibility index (Phi) is 9.43. The van der Waals surface area contributed by atoms with Crippen LogP contribution in [0.25, 0.3) is 0 Å². The van der Waals surface area contributed by atoms with Gasteiger partial charge in [0.05, 0.1) is 19.8 Å². The SMILES string of the molecule is CCOc1cc(C(=O)N/N=C\C(CC)CC)cc(OCC)c1OCC. The lowest BCUT2D eigenvalue weighted by atomic mass is 10.1. The molecule has 0 saturated heterocycles. The van der Waals surface area contributed by atoms with E-state index in [-0.39, 0.29) is 5.91 Å². The lowest BCUT2D eigenvalue weighted by molar-refractivity contribution is 0.0953. The quantitative estimate of drug-likeness (QED) is 0.483. The van der Waals surface area contributed by atoms with Crippen molar-refractivity contribution in [2.45, 2.75) is 47.5 Å². The zero-order valence-electron chi connectivity index (χ0n) is 15.9. The number of nitrogens with one attached hydrogen (secondary N) is 1. The van der Waals surface area contributed by atoms with Crippen molar-refractivity contribution in [1.29, 1.82) is 0 Å². The first kappa shape index (κ1) is 20.8. The Morgan fingerprint density at radius 2 is 1.52 bits per heavy atom. The molecule has 0 spiro atoms. The summed E-state index contributed by atoms with van der Waals surface area (Å²) in [5, 5.41) is 4.06. The van der Waals surface area contributed by atoms with E-state index in [1.54, 1.807) is 18.3 Å². The fraction of sp³-hybridized carbons (Fsp3) is 0.579. The standard InChI is InChI=1S/C19H30N2O4/c1-6-14(7-2)13-20-21-19(22)15-11-16(23-8-3)18(25-10-5)17(12-15)24-9-4/h11-14H,6-10H2,1-5H3,(H,21,22)/b20-13-. The molecule has 0 saturated carbocycles. The third-order valence-electron chi connectivity index (χ3n) is 3.67. The van der Waals surface area contributed by atoms with Crippen LogP contribution in [0.15, 0.2) is 17.2 Å². The van der Waals surface area contributed by atoms with Gasteiger partial charge in [-0.3, -0.25) is 4.79 Å². The van der Waals surface area contributed by atoms with Gasteiger partial charge in [-0.1, -0.05) is 13.8 Å². The Morgan fingerprint density at radius 3 is 1.96 bits per heavy atom. The van der Waals surface area contributed by atoms with E-state index in [0.717, 1.165) is 12.8 Å². The predicted molar refractivity (Wildman–Crippen MR) is 100.0 cm³/mol. The topological polar surface area (TPSA) is 69.2 Å². The maximum Gasteiger partial charge on any atom is 0.271 e. The smallest absolute Gasteiger partial charge is 0.271 e. The van der Waals surface area contributed by atoms with Crippen molar-refractivity contribution in [3.8, 4) is 17.2 Å². The van der Waals surface area contributed by atoms with Gasteiger partial charge in [0, 0.05) is 11.8 Å². The highest BCUT2D eigenvalue weighted by Gasteiger charge is 2.18. The summed E-state index contributed by atoms with van der Waals surface area (Å²) in [7, 11) is 0. The van der Waals surface area contributed by atoms with E-state index in [9.17, 15) is 4.79 Å². The molecule has 0 fully saturated rings. The summed E-state index contributed by atoms with van der Waals surface area (Å²) in [4.78, 5) is 12.4. The van der Waals surface area contributed by atoms with Crippen molar-refractivity contribution in [2.24, 2.45) is 11.0 Å². The summed E-state index contributed by atoms with van der Waals surface area (Å²) in [6.07, 6.45) is 3.75. The van der Waals surface area contributed by atoms with E-state index in [1.807, 2.05) is 20.8 Å². The molecule has 0 aromatic heterocycles. The summed E-state index contributed by atoms with van der Waals surface area (Å²) in [5.41, 5.74) is 2.98. The van der Waals surface area contributed by atoms with Crippen molar-refractivity contribution in [3.63, 3.8) is 0 Å². The molecule has 1 rings (SSSR count). The molecule has 0 bridgehead atoms. The summed E-state index contributed by atoms with van der Waals surface area (Å²) >= 11 is 0. The molecule has 1 aromatic carbocycles. The molecule has 0 aliphatic carbocycles. The van der Waals surface area contributed by atoms with Gasteiger partial charge in [-0.2, -0.15) is 5.10 Å². The van der Waals surface area contributed by atoms with Gasteiger partial charge in [0.1, 0.15) is 0 Å². The van der Waals surface area contributed by atoms with Crippen molar-refractivity contribution in [3.05, 3.63) is 17.7 Å². The highest BCUT2D eigenvalue weighted by molar-refractivity contribution is 5.95. The fourth-order valence-electron chi connectivity index (χ4n) is 2.29. The van der Waals surface area contributed by atoms with Crippen molar-refractivity contribution >= 4 is 12.1 Å². The van der Waals surface area contributed by atoms with Gasteiger partial charge in [-0.25, -0.2) is 5.43 Å². The minimum absolute atomic E-state index is 0.313. The minimum Gasteiger partial charge on any atom is -0.490 e. The normalized spacial score (nSPS) is 11.0. The zero-order chi connectivity index (χ0) is 18.7. The van der Waals surface area contributed by atoms with Gasteiger partial charge in [0.25, 0.3) is 5.91 Å². The van der Waals surface area contributed by atoms with Crippen LogP contribution in [0.5, 0.6) is 17.2 Å². The fourth-order valence-corrected chi connectivity index (χ4v) is 2.29. The lowest BCUT2D eigenvalue weighted by Gasteiger charge is -2.16. The van der Waals surface area contributed by atoms with E-state index in [4.69, 9.17) is 14.2 Å². The van der Waals surface area contributed by atoms with Crippen LogP contribution in [0.1, 0.15) is 57.8 Å². The van der Waals surface area contributed by atoms with Gasteiger partial charge in [-0.15, -0.1) is 0 Å². The molecule has 0 heterocycles. The van der Waals surface area contributed by atoms with E-state index in [2.05, 4.69) is 24.4 Å². The number of nitrogens with zero attached hydrogens (tertiary/aromatic N) is 1. The number of rotatable bonds is 11. The molecular weight excluding hydrogens is 320 g/mol. The number of hydrogen-bond donors (Lipinski definition) is 1. The molecule has 25 heavy (non-hydrogen) atoms. The predicted octanol–water partition coefficient (Wildman–Crippen LogP) is 4.03. The number of carbonyl (C=O) groups excluding carboxylic acids is 1. The van der Waals surface area contributed by atoms with E-state index >= 15 is 0 Å². The highest BCUT2D eigenvalue weighted by Crippen LogP contribution is 2.39. The van der Waals surface area contributed by atoms with Crippen molar-refractivity contribution in [1.82, 2.24) is 5.43 Å². The molecule has 0 radical (unpaired) electrons. The van der Waals surface area contributed by atoms with Crippen molar-refractivity contribution in [2.75, 3.05) is 19.8 Å². The number of benzene rings is 1. The average Bonchev–Trinajstić information content (AvgIpc) is 2.61. The summed E-state index contributed by atoms with van der Waals surface area (Å²) in [6.45, 7) is 11.2. The van der Waals surface area contributed by atoms with Crippen LogP contribution in [-0.2, 0) is 0 Å². The monoisotopic (exact) mass is 350 g/mol. The molecule has 1 N–H and O–H groups in total. The van der Waals surface area contributed by atoms with E-state index < -0.39 is 0 Å². The Hall–Kier alpha value is -2.24. The second kappa shape index (κ2) is 11.3. The molecule has 6 heteroatoms. The van der Waals surface area contributed by atoms with Crippen LogP contribution in [0.4, 0.5) is 0 Å². The van der Waals surface area contributed by atoms with Gasteiger partial charge in [0.2, 0.25) is 5.75 Å². The van der Waals surface area contributed by atoms with Crippen LogP contribution < -0.4 is 19.6 Å². The molecule has 0 unspecified atom stereocenters. The van der Waals surface area contributed by atoms with Crippen LogP contribution in [0, 0.1) is 5.92 Å². The Bertz CT molecular complexity index is 542. The van der Waals surface area contributed by atoms with Gasteiger partial charge in [-0.05, 0) is 51.7 Å². The highest BCUT2D eigenvalue weighted by atomic mass is 16.5. The first-order valence-electron chi connectivity index (χ1n) is 9.00. The molecule has 0 aliphatic heterocycles. The summed E-state index contributed by atoms with van der Waals surface area (Å²) in [5.74, 6) is 1.54. The molecule has 140 valence electrons. The van der Waals surface area contributed by atoms with E-state index in [0.29, 0.717) is 48.6 Å². The van der Waals surface area contributed by atoms with E-state index in [1.165, 1.54) is 0 Å². The van der Waals surface area contributed by atoms with Crippen molar-refractivity contribution < 1.29 is 19.0 Å². The molecule has 1 aromatic rings. The first-order chi connectivity index (χ1) is 12.1. The number of amides is 1. The maximum absolute atomic E-state index is 12.4. The van der Waals surface area contributed by atoms with Gasteiger partial charge in [0.15, 0.2) is 11.5 Å². The lowest BCUT2D eigenvalue weighted by Crippen LogP contribution is -2.19. The van der Waals surface area contributed by atoms with Crippen LogP contribution in [0.2, 0.25) is 0 Å². The number of hydrazone groups is 1. The average molecular weight is 350 g/mol. The Morgan fingerprint density at radius 1 is 1.00 bits per heavy atom. The van der Waals surface area contributed by atoms with Gasteiger partial charge < -0.3 is 14.2 Å². The first-order valence-corrected chi connectivity index (χ1v) is 9.00. The number of carbonyl (C=O) groups is 1. The van der Waals surface area contributed by atoms with Gasteiger partial charge >= 0.3 is 0 Å². The zero-order valence-corrected chi connectivity index (χ0v) is 15.9. The molecule has 0 atom stereocenters. The van der Waals surface area contributed by atoms with Crippen LogP contribution in [-0.4, -0.2) is 31.9 Å².